The number of pyridine rings is 1. The molecule has 0 amide bonds. The van der Waals surface area contributed by atoms with Crippen LogP contribution in [0.3, 0.4) is 0 Å². The molecule has 2 atom stereocenters. The van der Waals surface area contributed by atoms with Crippen molar-refractivity contribution in [2.45, 2.75) is 31.7 Å². The lowest BCUT2D eigenvalue weighted by atomic mass is 9.78. The molecule has 1 aromatic heterocycles. The Bertz CT molecular complexity index is 838. The van der Waals surface area contributed by atoms with E-state index in [0.717, 1.165) is 12.0 Å². The molecule has 2 aliphatic rings. The zero-order valence-electron chi connectivity index (χ0n) is 17.2. The SMILES string of the molecule is CN(C)S(=O)(=O)N1CC[C@H]2OCC[C@@]2(COCc2cccnc2)C1.O=C(O)C(F)(F)F. The van der Waals surface area contributed by atoms with Gasteiger partial charge in [0.1, 0.15) is 0 Å². The van der Waals surface area contributed by atoms with E-state index in [1.54, 1.807) is 30.8 Å². The molecule has 0 radical (unpaired) electrons. The van der Waals surface area contributed by atoms with Crippen LogP contribution in [0, 0.1) is 5.41 Å². The highest BCUT2D eigenvalue weighted by Crippen LogP contribution is 2.42. The number of halogens is 3. The van der Waals surface area contributed by atoms with Gasteiger partial charge in [0.25, 0.3) is 10.2 Å². The Labute approximate surface area is 178 Å². The summed E-state index contributed by atoms with van der Waals surface area (Å²) in [4.78, 5) is 13.0. The summed E-state index contributed by atoms with van der Waals surface area (Å²) in [6, 6.07) is 3.85. The maximum atomic E-state index is 12.5. The fourth-order valence-electron chi connectivity index (χ4n) is 3.50. The van der Waals surface area contributed by atoms with Gasteiger partial charge in [0, 0.05) is 51.6 Å². The highest BCUT2D eigenvalue weighted by atomic mass is 32.2. The molecular weight excluding hydrogens is 443 g/mol. The lowest BCUT2D eigenvalue weighted by Gasteiger charge is -2.43. The maximum absolute atomic E-state index is 12.5. The Morgan fingerprint density at radius 2 is 2.13 bits per heavy atom. The molecule has 0 spiro atoms. The molecule has 0 aromatic carbocycles. The number of carbonyl (C=O) groups is 1. The van der Waals surface area contributed by atoms with Gasteiger partial charge in [0.2, 0.25) is 0 Å². The predicted molar refractivity (Wildman–Crippen MR) is 103 cm³/mol. The Morgan fingerprint density at radius 1 is 1.45 bits per heavy atom. The molecule has 0 bridgehead atoms. The minimum atomic E-state index is -5.08. The second kappa shape index (κ2) is 10.2. The van der Waals surface area contributed by atoms with E-state index in [1.165, 1.54) is 4.31 Å². The summed E-state index contributed by atoms with van der Waals surface area (Å²) in [7, 11) is -0.273. The maximum Gasteiger partial charge on any atom is 0.490 e. The van der Waals surface area contributed by atoms with Gasteiger partial charge in [-0.25, -0.2) is 4.79 Å². The van der Waals surface area contributed by atoms with Gasteiger partial charge in [-0.05, 0) is 24.5 Å². The van der Waals surface area contributed by atoms with E-state index in [2.05, 4.69) is 4.98 Å². The monoisotopic (exact) mass is 469 g/mol. The highest BCUT2D eigenvalue weighted by molar-refractivity contribution is 7.86. The third-order valence-electron chi connectivity index (χ3n) is 5.15. The van der Waals surface area contributed by atoms with Crippen molar-refractivity contribution >= 4 is 16.2 Å². The lowest BCUT2D eigenvalue weighted by Crippen LogP contribution is -2.55. The summed E-state index contributed by atoms with van der Waals surface area (Å²) in [5, 5.41) is 7.12. The van der Waals surface area contributed by atoms with Crippen molar-refractivity contribution in [3.63, 3.8) is 0 Å². The van der Waals surface area contributed by atoms with Crippen molar-refractivity contribution in [2.75, 3.05) is 40.4 Å². The number of fused-ring (bicyclic) bond motifs is 1. The molecule has 176 valence electrons. The van der Waals surface area contributed by atoms with Crippen molar-refractivity contribution in [1.82, 2.24) is 13.6 Å². The Morgan fingerprint density at radius 3 is 2.68 bits per heavy atom. The molecule has 0 unspecified atom stereocenters. The molecule has 1 N–H and O–H groups in total. The van der Waals surface area contributed by atoms with Crippen LogP contribution in [0.4, 0.5) is 13.2 Å². The quantitative estimate of drug-likeness (QED) is 0.673. The van der Waals surface area contributed by atoms with E-state index in [4.69, 9.17) is 19.4 Å². The largest absolute Gasteiger partial charge is 0.490 e. The molecule has 3 heterocycles. The van der Waals surface area contributed by atoms with Crippen LogP contribution < -0.4 is 0 Å². The highest BCUT2D eigenvalue weighted by Gasteiger charge is 2.50. The smallest absolute Gasteiger partial charge is 0.475 e. The fraction of sp³-hybridized carbons (Fsp3) is 0.667. The van der Waals surface area contributed by atoms with Gasteiger partial charge in [-0.15, -0.1) is 0 Å². The van der Waals surface area contributed by atoms with Gasteiger partial charge in [-0.1, -0.05) is 6.07 Å². The zero-order chi connectivity index (χ0) is 23.3. The topological polar surface area (TPSA) is 109 Å². The minimum absolute atomic E-state index is 0.0695. The Balaban J connectivity index is 0.000000423. The van der Waals surface area contributed by atoms with Crippen molar-refractivity contribution in [2.24, 2.45) is 5.41 Å². The first kappa shape index (κ1) is 25.5. The average Bonchev–Trinajstić information content (AvgIpc) is 3.11. The van der Waals surface area contributed by atoms with Crippen molar-refractivity contribution in [3.05, 3.63) is 30.1 Å². The number of nitrogens with zero attached hydrogens (tertiary/aromatic N) is 3. The fourth-order valence-corrected chi connectivity index (χ4v) is 4.72. The molecular formula is C18H26F3N3O6S. The van der Waals surface area contributed by atoms with E-state index in [9.17, 15) is 21.6 Å². The lowest BCUT2D eigenvalue weighted by molar-refractivity contribution is -0.192. The number of rotatable bonds is 6. The van der Waals surface area contributed by atoms with Gasteiger partial charge in [-0.3, -0.25) is 4.98 Å². The first-order chi connectivity index (χ1) is 14.4. The van der Waals surface area contributed by atoms with Crippen LogP contribution >= 0.6 is 0 Å². The van der Waals surface area contributed by atoms with Gasteiger partial charge >= 0.3 is 12.1 Å². The van der Waals surface area contributed by atoms with Crippen LogP contribution in [0.1, 0.15) is 18.4 Å². The summed E-state index contributed by atoms with van der Waals surface area (Å²) >= 11 is 0. The van der Waals surface area contributed by atoms with E-state index in [-0.39, 0.29) is 11.5 Å². The molecule has 0 aliphatic carbocycles. The Hall–Kier alpha value is -1.80. The van der Waals surface area contributed by atoms with Gasteiger partial charge in [-0.2, -0.15) is 30.2 Å². The van der Waals surface area contributed by atoms with Crippen LogP contribution in [0.25, 0.3) is 0 Å². The molecule has 0 saturated carbocycles. The second-order valence-corrected chi connectivity index (χ2v) is 9.68. The van der Waals surface area contributed by atoms with E-state index in [0.29, 0.717) is 39.3 Å². The number of aliphatic carboxylic acids is 1. The van der Waals surface area contributed by atoms with Gasteiger partial charge in [0.15, 0.2) is 0 Å². The molecule has 2 saturated heterocycles. The van der Waals surface area contributed by atoms with E-state index in [1.807, 2.05) is 12.1 Å². The predicted octanol–water partition coefficient (Wildman–Crippen LogP) is 1.52. The van der Waals surface area contributed by atoms with Crippen LogP contribution in [0.5, 0.6) is 0 Å². The number of carboxylic acid groups (broad SMARTS) is 1. The average molecular weight is 469 g/mol. The molecule has 3 rings (SSSR count). The number of piperidine rings is 1. The molecule has 1 aromatic rings. The number of ether oxygens (including phenoxy) is 2. The summed E-state index contributed by atoms with van der Waals surface area (Å²) in [6.45, 7) is 2.58. The van der Waals surface area contributed by atoms with Crippen molar-refractivity contribution in [3.8, 4) is 0 Å². The standard InChI is InChI=1S/C16H25N3O4S.C2HF3O2/c1-18(2)24(20,21)19-8-5-15-16(12-19,6-9-23-15)13-22-11-14-4-3-7-17-10-14;3-2(4,5)1(6)7/h3-4,7,10,15H,5-6,8-9,11-13H2,1-2H3;(H,6,7)/t15-,16+;/m1./s1. The number of hydrogen-bond donors (Lipinski definition) is 1. The third-order valence-corrected chi connectivity index (χ3v) is 7.03. The number of alkyl halides is 3. The number of aromatic nitrogens is 1. The second-order valence-electron chi connectivity index (χ2n) is 7.54. The molecule has 2 fully saturated rings. The third kappa shape index (κ3) is 6.59. The molecule has 13 heteroatoms. The van der Waals surface area contributed by atoms with Crippen molar-refractivity contribution < 1.29 is 41.0 Å². The molecule has 31 heavy (non-hydrogen) atoms. The zero-order valence-corrected chi connectivity index (χ0v) is 18.0. The van der Waals surface area contributed by atoms with Crippen LogP contribution in [-0.2, 0) is 31.1 Å². The summed E-state index contributed by atoms with van der Waals surface area (Å²) in [5.41, 5.74) is 0.752. The van der Waals surface area contributed by atoms with Crippen LogP contribution in [0.15, 0.2) is 24.5 Å². The van der Waals surface area contributed by atoms with Gasteiger partial charge < -0.3 is 14.6 Å². The first-order valence-electron chi connectivity index (χ1n) is 9.44. The van der Waals surface area contributed by atoms with Crippen molar-refractivity contribution in [1.29, 1.82) is 0 Å². The van der Waals surface area contributed by atoms with Gasteiger partial charge in [0.05, 0.1) is 19.3 Å². The van der Waals surface area contributed by atoms with E-state index >= 15 is 0 Å². The minimum Gasteiger partial charge on any atom is -0.475 e. The Kier molecular flexibility index (Phi) is 8.39. The van der Waals surface area contributed by atoms with E-state index < -0.39 is 22.4 Å². The summed E-state index contributed by atoms with van der Waals surface area (Å²) < 4.78 is 71.3. The normalized spacial score (nSPS) is 24.4. The first-order valence-corrected chi connectivity index (χ1v) is 10.8. The molecule has 2 aliphatic heterocycles. The summed E-state index contributed by atoms with van der Waals surface area (Å²) in [5.74, 6) is -2.76. The summed E-state index contributed by atoms with van der Waals surface area (Å²) in [6.07, 6.45) is 0.0333. The van der Waals surface area contributed by atoms with Crippen LogP contribution in [-0.4, -0.2) is 85.8 Å². The molecule has 9 nitrogen and oxygen atoms in total. The van der Waals surface area contributed by atoms with Crippen LogP contribution in [0.2, 0.25) is 0 Å². The number of carboxylic acids is 1. The number of hydrogen-bond acceptors (Lipinski definition) is 6.